The van der Waals surface area contributed by atoms with Crippen LogP contribution in [0.25, 0.3) is 0 Å². The van der Waals surface area contributed by atoms with Gasteiger partial charge in [0.15, 0.2) is 5.12 Å². The van der Waals surface area contributed by atoms with Crippen LogP contribution in [-0.2, 0) is 4.79 Å². The molecule has 1 rings (SSSR count). The maximum atomic E-state index is 13.4. The highest BCUT2D eigenvalue weighted by Gasteiger charge is 2.24. The van der Waals surface area contributed by atoms with Crippen molar-refractivity contribution in [3.63, 3.8) is 0 Å². The van der Waals surface area contributed by atoms with Crippen LogP contribution in [0.15, 0.2) is 18.2 Å². The van der Waals surface area contributed by atoms with E-state index in [0.717, 1.165) is 17.8 Å². The van der Waals surface area contributed by atoms with Crippen molar-refractivity contribution in [3.05, 3.63) is 29.6 Å². The monoisotopic (exact) mass is 260 g/mol. The van der Waals surface area contributed by atoms with E-state index < -0.39 is 23.8 Å². The summed E-state index contributed by atoms with van der Waals surface area (Å²) in [6.45, 7) is 1.32. The number of phenolic OH excluding ortho intramolecular Hbond substituents is 1. The average molecular weight is 260 g/mol. The quantitative estimate of drug-likeness (QED) is 0.758. The molecule has 0 bridgehead atoms. The first-order valence-corrected chi connectivity index (χ1v) is 5.89. The van der Waals surface area contributed by atoms with Gasteiger partial charge in [0, 0.05) is 12.7 Å². The Morgan fingerprint density at radius 3 is 2.65 bits per heavy atom. The Labute approximate surface area is 102 Å². The van der Waals surface area contributed by atoms with Crippen molar-refractivity contribution in [3.8, 4) is 5.75 Å². The molecule has 3 N–H and O–H groups in total. The van der Waals surface area contributed by atoms with Gasteiger partial charge in [0.2, 0.25) is 0 Å². The molecule has 2 unspecified atom stereocenters. The number of benzene rings is 1. The van der Waals surface area contributed by atoms with Gasteiger partial charge in [0.05, 0.1) is 11.7 Å². The number of thioether (sulfide) groups is 1. The molecule has 0 aliphatic carbocycles. The molecule has 4 nitrogen and oxygen atoms in total. The Balaban J connectivity index is 2.81. The van der Waals surface area contributed by atoms with Gasteiger partial charge in [-0.25, -0.2) is 4.39 Å². The predicted molar refractivity (Wildman–Crippen MR) is 62.2 cm³/mol. The SMILES string of the molecule is CC(=O)SCC(O)C(O)c1c(O)cccc1F. The van der Waals surface area contributed by atoms with E-state index in [-0.39, 0.29) is 16.4 Å². The van der Waals surface area contributed by atoms with E-state index >= 15 is 0 Å². The Kier molecular flexibility index (Phi) is 4.92. The summed E-state index contributed by atoms with van der Waals surface area (Å²) in [7, 11) is 0. The van der Waals surface area contributed by atoms with Gasteiger partial charge in [-0.3, -0.25) is 4.79 Å². The summed E-state index contributed by atoms with van der Waals surface area (Å²) in [5, 5.41) is 28.4. The van der Waals surface area contributed by atoms with Crippen molar-refractivity contribution in [1.82, 2.24) is 0 Å². The highest BCUT2D eigenvalue weighted by atomic mass is 32.2. The zero-order valence-electron chi connectivity index (χ0n) is 9.13. The first-order chi connectivity index (χ1) is 7.93. The fourth-order valence-corrected chi connectivity index (χ4v) is 1.89. The maximum Gasteiger partial charge on any atom is 0.185 e. The lowest BCUT2D eigenvalue weighted by Gasteiger charge is -2.18. The van der Waals surface area contributed by atoms with Crippen molar-refractivity contribution in [1.29, 1.82) is 0 Å². The van der Waals surface area contributed by atoms with Crippen LogP contribution in [0.2, 0.25) is 0 Å². The maximum absolute atomic E-state index is 13.4. The third kappa shape index (κ3) is 3.69. The van der Waals surface area contributed by atoms with Crippen LogP contribution in [0, 0.1) is 5.82 Å². The molecule has 94 valence electrons. The van der Waals surface area contributed by atoms with Crippen LogP contribution < -0.4 is 0 Å². The Hall–Kier alpha value is -1.11. The molecule has 17 heavy (non-hydrogen) atoms. The van der Waals surface area contributed by atoms with E-state index in [0.29, 0.717) is 0 Å². The molecular weight excluding hydrogens is 247 g/mol. The van der Waals surface area contributed by atoms with E-state index in [2.05, 4.69) is 0 Å². The number of aliphatic hydroxyl groups is 2. The molecule has 2 atom stereocenters. The minimum absolute atomic E-state index is 0.0652. The lowest BCUT2D eigenvalue weighted by molar-refractivity contribution is -0.109. The second-order valence-corrected chi connectivity index (χ2v) is 4.68. The second kappa shape index (κ2) is 6.00. The Morgan fingerprint density at radius 2 is 2.12 bits per heavy atom. The summed E-state index contributed by atoms with van der Waals surface area (Å²) in [6, 6.07) is 3.58. The molecule has 6 heteroatoms. The van der Waals surface area contributed by atoms with Gasteiger partial charge < -0.3 is 15.3 Å². The van der Waals surface area contributed by atoms with E-state index in [4.69, 9.17) is 0 Å². The molecule has 0 radical (unpaired) electrons. The highest BCUT2D eigenvalue weighted by Crippen LogP contribution is 2.29. The number of rotatable bonds is 4. The molecule has 0 saturated carbocycles. The Bertz CT molecular complexity index is 390. The van der Waals surface area contributed by atoms with Crippen molar-refractivity contribution in [2.45, 2.75) is 19.1 Å². The molecule has 0 saturated heterocycles. The van der Waals surface area contributed by atoms with Crippen molar-refractivity contribution in [2.24, 2.45) is 0 Å². The van der Waals surface area contributed by atoms with E-state index in [1.165, 1.54) is 19.1 Å². The first kappa shape index (κ1) is 14.0. The third-order valence-corrected chi connectivity index (χ3v) is 3.06. The lowest BCUT2D eigenvalue weighted by atomic mass is 10.0. The minimum atomic E-state index is -1.57. The molecule has 0 aliphatic rings. The fraction of sp³-hybridized carbons (Fsp3) is 0.364. The third-order valence-electron chi connectivity index (χ3n) is 2.15. The van der Waals surface area contributed by atoms with Crippen LogP contribution in [0.1, 0.15) is 18.6 Å². The van der Waals surface area contributed by atoms with Crippen LogP contribution >= 0.6 is 11.8 Å². The van der Waals surface area contributed by atoms with Gasteiger partial charge >= 0.3 is 0 Å². The van der Waals surface area contributed by atoms with Crippen molar-refractivity contribution in [2.75, 3.05) is 5.75 Å². The van der Waals surface area contributed by atoms with Crippen LogP contribution in [-0.4, -0.2) is 32.3 Å². The predicted octanol–water partition coefficient (Wildman–Crippen LogP) is 1.21. The summed E-state index contributed by atoms with van der Waals surface area (Å²) in [5.41, 5.74) is -0.357. The summed E-state index contributed by atoms with van der Waals surface area (Å²) in [6.07, 6.45) is -2.89. The second-order valence-electron chi connectivity index (χ2n) is 3.49. The normalized spacial score (nSPS) is 14.4. The van der Waals surface area contributed by atoms with Crippen LogP contribution in [0.4, 0.5) is 4.39 Å². The molecule has 0 spiro atoms. The van der Waals surface area contributed by atoms with Crippen molar-refractivity contribution >= 4 is 16.9 Å². The zero-order valence-corrected chi connectivity index (χ0v) is 9.95. The zero-order chi connectivity index (χ0) is 13.0. The standard InChI is InChI=1S/C11H13FO4S/c1-6(13)17-5-9(15)11(16)10-7(12)3-2-4-8(10)14/h2-4,9,11,14-16H,5H2,1H3. The summed E-state index contributed by atoms with van der Waals surface area (Å²) >= 11 is 0.821. The fourth-order valence-electron chi connectivity index (χ4n) is 1.30. The van der Waals surface area contributed by atoms with E-state index in [1.807, 2.05) is 0 Å². The van der Waals surface area contributed by atoms with Gasteiger partial charge in [0.1, 0.15) is 17.7 Å². The van der Waals surface area contributed by atoms with Crippen LogP contribution in [0.5, 0.6) is 5.75 Å². The summed E-state index contributed by atoms with van der Waals surface area (Å²) in [4.78, 5) is 10.7. The summed E-state index contributed by atoms with van der Waals surface area (Å²) < 4.78 is 13.4. The first-order valence-electron chi connectivity index (χ1n) is 4.90. The summed E-state index contributed by atoms with van der Waals surface area (Å²) in [5.74, 6) is -1.29. The van der Waals surface area contributed by atoms with Crippen LogP contribution in [0.3, 0.4) is 0 Å². The lowest BCUT2D eigenvalue weighted by Crippen LogP contribution is -2.22. The average Bonchev–Trinajstić information content (AvgIpc) is 2.25. The van der Waals surface area contributed by atoms with Crippen molar-refractivity contribution < 1.29 is 24.5 Å². The van der Waals surface area contributed by atoms with Gasteiger partial charge in [-0.1, -0.05) is 17.8 Å². The van der Waals surface area contributed by atoms with Gasteiger partial charge in [-0.05, 0) is 12.1 Å². The van der Waals surface area contributed by atoms with Gasteiger partial charge in [-0.15, -0.1) is 0 Å². The van der Waals surface area contributed by atoms with E-state index in [9.17, 15) is 24.5 Å². The molecule has 0 aliphatic heterocycles. The largest absolute Gasteiger partial charge is 0.507 e. The molecule has 1 aromatic carbocycles. The number of aromatic hydroxyl groups is 1. The van der Waals surface area contributed by atoms with Gasteiger partial charge in [-0.2, -0.15) is 0 Å². The number of aliphatic hydroxyl groups excluding tert-OH is 2. The molecule has 0 fully saturated rings. The smallest absolute Gasteiger partial charge is 0.185 e. The Morgan fingerprint density at radius 1 is 1.47 bits per heavy atom. The number of phenols is 1. The minimum Gasteiger partial charge on any atom is -0.507 e. The highest BCUT2D eigenvalue weighted by molar-refractivity contribution is 8.13. The molecule has 0 heterocycles. The molecular formula is C11H13FO4S. The number of carbonyl (C=O) groups excluding carboxylic acids is 1. The number of hydrogen-bond donors (Lipinski definition) is 3. The molecule has 0 aromatic heterocycles. The molecule has 0 amide bonds. The van der Waals surface area contributed by atoms with Gasteiger partial charge in [0.25, 0.3) is 0 Å². The number of hydrogen-bond acceptors (Lipinski definition) is 5. The number of halogens is 1. The van der Waals surface area contributed by atoms with E-state index in [1.54, 1.807) is 0 Å². The number of carbonyl (C=O) groups is 1. The molecule has 1 aromatic rings. The topological polar surface area (TPSA) is 77.8 Å².